The predicted molar refractivity (Wildman–Crippen MR) is 172 cm³/mol. The smallest absolute Gasteiger partial charge is 0.330 e. The number of ether oxygens (including phenoxy) is 4. The van der Waals surface area contributed by atoms with Crippen LogP contribution in [0.2, 0.25) is 0 Å². The summed E-state index contributed by atoms with van der Waals surface area (Å²) in [4.78, 5) is 48.6. The van der Waals surface area contributed by atoms with Crippen LogP contribution < -0.4 is 0 Å². The lowest BCUT2D eigenvalue weighted by Gasteiger charge is -2.64. The molecule has 0 amide bonds. The van der Waals surface area contributed by atoms with Crippen molar-refractivity contribution in [2.45, 2.75) is 139 Å². The summed E-state index contributed by atoms with van der Waals surface area (Å²) in [6, 6.07) is 0. The highest BCUT2D eigenvalue weighted by Gasteiger charge is 2.70. The molecule has 2 fully saturated rings. The van der Waals surface area contributed by atoms with Gasteiger partial charge in [0.15, 0.2) is 0 Å². The molecule has 4 aliphatic rings. The molecule has 4 rings (SSSR count). The van der Waals surface area contributed by atoms with E-state index >= 15 is 0 Å². The Labute approximate surface area is 274 Å². The van der Waals surface area contributed by atoms with Crippen molar-refractivity contribution >= 4 is 23.9 Å². The van der Waals surface area contributed by atoms with Gasteiger partial charge in [0.25, 0.3) is 0 Å². The fourth-order valence-corrected chi connectivity index (χ4v) is 10.6. The first-order valence-corrected chi connectivity index (χ1v) is 16.9. The Morgan fingerprint density at radius 2 is 1.52 bits per heavy atom. The van der Waals surface area contributed by atoms with Crippen molar-refractivity contribution in [2.24, 2.45) is 39.4 Å². The monoisotopic (exact) mass is 644 g/mol. The van der Waals surface area contributed by atoms with Crippen LogP contribution in [0.3, 0.4) is 0 Å². The normalized spacial score (nSPS) is 38.1. The third-order valence-electron chi connectivity index (χ3n) is 13.2. The van der Waals surface area contributed by atoms with Crippen LogP contribution in [0.15, 0.2) is 22.8 Å². The van der Waals surface area contributed by atoms with Gasteiger partial charge in [0.05, 0.1) is 6.10 Å². The Morgan fingerprint density at radius 3 is 2.07 bits per heavy atom. The van der Waals surface area contributed by atoms with Gasteiger partial charge in [-0.05, 0) is 79.6 Å². The molecule has 0 saturated heterocycles. The molecule has 9 nitrogen and oxygen atoms in total. The van der Waals surface area contributed by atoms with Crippen molar-refractivity contribution in [1.29, 1.82) is 0 Å². The Bertz CT molecular complexity index is 1310. The van der Waals surface area contributed by atoms with E-state index in [1.54, 1.807) is 20.1 Å². The summed E-state index contributed by atoms with van der Waals surface area (Å²) < 4.78 is 24.4. The molecule has 10 atom stereocenters. The number of carboxylic acids is 1. The zero-order valence-corrected chi connectivity index (χ0v) is 29.8. The van der Waals surface area contributed by atoms with Crippen molar-refractivity contribution in [3.05, 3.63) is 22.8 Å². The van der Waals surface area contributed by atoms with E-state index in [4.69, 9.17) is 18.9 Å². The molecule has 0 spiro atoms. The van der Waals surface area contributed by atoms with E-state index in [0.717, 1.165) is 32.1 Å². The molecule has 0 aliphatic heterocycles. The fourth-order valence-electron chi connectivity index (χ4n) is 10.6. The molecule has 0 unspecified atom stereocenters. The summed E-state index contributed by atoms with van der Waals surface area (Å²) in [5.74, 6) is -1.91. The highest BCUT2D eigenvalue weighted by molar-refractivity contribution is 5.85. The van der Waals surface area contributed by atoms with Crippen molar-refractivity contribution in [3.8, 4) is 0 Å². The standard InChI is InChI=1S/C37H56O9/c1-20(33(41)42)12-13-27(44-22(3)38)21(2)26-18-31(46-24(5)40)37(10)32-25(14-17-36(26,37)9)35(8)16-15-30(45-23(4)39)34(6,7)29(35)19-28(32)43-11/h12,21,26-31H,13-19H2,1-11H3,(H,41,42)/t21-,26+,27-,28+,29-,30+,31-,35+,36+,37-/m0/s1. The van der Waals surface area contributed by atoms with E-state index in [1.807, 2.05) is 0 Å². The van der Waals surface area contributed by atoms with Gasteiger partial charge in [-0.1, -0.05) is 53.2 Å². The molecule has 0 aromatic heterocycles. The second-order valence-corrected chi connectivity index (χ2v) is 15.8. The summed E-state index contributed by atoms with van der Waals surface area (Å²) >= 11 is 0. The number of carbonyl (C=O) groups is 4. The predicted octanol–water partition coefficient (Wildman–Crippen LogP) is 6.82. The molecular formula is C37H56O9. The maximum absolute atomic E-state index is 12.7. The van der Waals surface area contributed by atoms with Gasteiger partial charge in [-0.3, -0.25) is 14.4 Å². The van der Waals surface area contributed by atoms with Crippen LogP contribution >= 0.6 is 0 Å². The van der Waals surface area contributed by atoms with Crippen molar-refractivity contribution < 1.29 is 43.2 Å². The van der Waals surface area contributed by atoms with Gasteiger partial charge in [-0.15, -0.1) is 0 Å². The van der Waals surface area contributed by atoms with E-state index in [1.165, 1.54) is 31.9 Å². The number of hydrogen-bond donors (Lipinski definition) is 1. The van der Waals surface area contributed by atoms with E-state index in [9.17, 15) is 24.3 Å². The molecule has 258 valence electrons. The van der Waals surface area contributed by atoms with Crippen LogP contribution in [-0.4, -0.2) is 60.5 Å². The lowest BCUT2D eigenvalue weighted by Crippen LogP contribution is -2.60. The van der Waals surface area contributed by atoms with Gasteiger partial charge in [-0.2, -0.15) is 0 Å². The summed E-state index contributed by atoms with van der Waals surface area (Å²) in [6.07, 6.45) is 5.36. The number of aliphatic carboxylic acids is 1. The van der Waals surface area contributed by atoms with Crippen LogP contribution in [0, 0.1) is 39.4 Å². The van der Waals surface area contributed by atoms with Gasteiger partial charge in [0, 0.05) is 50.7 Å². The molecule has 0 radical (unpaired) electrons. The molecule has 2 saturated carbocycles. The zero-order chi connectivity index (χ0) is 34.6. The first-order chi connectivity index (χ1) is 21.2. The van der Waals surface area contributed by atoms with Gasteiger partial charge in [0.1, 0.15) is 18.3 Å². The molecule has 1 N–H and O–H groups in total. The minimum absolute atomic E-state index is 0.0120. The third kappa shape index (κ3) is 5.83. The van der Waals surface area contributed by atoms with Crippen molar-refractivity contribution in [2.75, 3.05) is 7.11 Å². The second-order valence-electron chi connectivity index (χ2n) is 15.8. The number of esters is 3. The molecule has 0 aromatic rings. The molecule has 46 heavy (non-hydrogen) atoms. The van der Waals surface area contributed by atoms with E-state index in [-0.39, 0.29) is 70.1 Å². The number of carbonyl (C=O) groups excluding carboxylic acids is 3. The summed E-state index contributed by atoms with van der Waals surface area (Å²) in [7, 11) is 1.76. The minimum Gasteiger partial charge on any atom is -0.478 e. The fraction of sp³-hybridized carbons (Fsp3) is 0.784. The first-order valence-electron chi connectivity index (χ1n) is 16.9. The van der Waals surface area contributed by atoms with E-state index in [2.05, 4.69) is 41.5 Å². The van der Waals surface area contributed by atoms with E-state index < -0.39 is 29.6 Å². The Hall–Kier alpha value is -2.68. The summed E-state index contributed by atoms with van der Waals surface area (Å²) in [5.41, 5.74) is 1.55. The largest absolute Gasteiger partial charge is 0.478 e. The Kier molecular flexibility index (Phi) is 10.0. The van der Waals surface area contributed by atoms with Crippen LogP contribution in [-0.2, 0) is 38.1 Å². The first kappa shape index (κ1) is 36.2. The van der Waals surface area contributed by atoms with Gasteiger partial charge in [0.2, 0.25) is 0 Å². The number of rotatable bonds is 9. The highest BCUT2D eigenvalue weighted by Crippen LogP contribution is 2.73. The number of fused-ring (bicyclic) bond motifs is 4. The van der Waals surface area contributed by atoms with Gasteiger partial charge >= 0.3 is 23.9 Å². The lowest BCUT2D eigenvalue weighted by molar-refractivity contribution is -0.172. The maximum atomic E-state index is 12.7. The van der Waals surface area contributed by atoms with Crippen LogP contribution in [0.4, 0.5) is 0 Å². The Morgan fingerprint density at radius 1 is 0.913 bits per heavy atom. The maximum Gasteiger partial charge on any atom is 0.330 e. The average Bonchev–Trinajstić information content (AvgIpc) is 3.18. The third-order valence-corrected chi connectivity index (χ3v) is 13.2. The Balaban J connectivity index is 1.84. The van der Waals surface area contributed by atoms with Crippen LogP contribution in [0.5, 0.6) is 0 Å². The SMILES string of the molecule is CO[C@@H]1C[C@H]2C(C)(C)[C@H](OC(C)=O)CC[C@]2(C)C2=C1[C@]1(C)[C@@H](OC(C)=O)C[C@H]([C@H](C)[C@H](CC=C(C)C(=O)O)OC(C)=O)[C@@]1(C)CC2. The minimum atomic E-state index is -1.00. The molecule has 0 bridgehead atoms. The van der Waals surface area contributed by atoms with Gasteiger partial charge < -0.3 is 24.1 Å². The zero-order valence-electron chi connectivity index (χ0n) is 29.8. The second kappa shape index (κ2) is 12.7. The number of allylic oxidation sites excluding steroid dienone is 1. The van der Waals surface area contributed by atoms with Crippen LogP contribution in [0.1, 0.15) is 114 Å². The topological polar surface area (TPSA) is 125 Å². The molecule has 4 aliphatic carbocycles. The van der Waals surface area contributed by atoms with Crippen molar-refractivity contribution in [3.63, 3.8) is 0 Å². The molecule has 0 aromatic carbocycles. The number of hydrogen-bond acceptors (Lipinski definition) is 8. The van der Waals surface area contributed by atoms with Gasteiger partial charge in [-0.25, -0.2) is 4.79 Å². The van der Waals surface area contributed by atoms with Crippen LogP contribution in [0.25, 0.3) is 0 Å². The lowest BCUT2D eigenvalue weighted by atomic mass is 9.42. The quantitative estimate of drug-likeness (QED) is 0.125. The molecule has 0 heterocycles. The molecular weight excluding hydrogens is 588 g/mol. The highest BCUT2D eigenvalue weighted by atomic mass is 16.6. The van der Waals surface area contributed by atoms with E-state index in [0.29, 0.717) is 6.42 Å². The number of carboxylic acid groups (broad SMARTS) is 1. The number of methoxy groups -OCH3 is 1. The summed E-state index contributed by atoms with van der Waals surface area (Å²) in [6.45, 7) is 19.3. The summed E-state index contributed by atoms with van der Waals surface area (Å²) in [5, 5.41) is 9.46. The molecule has 9 heteroatoms. The van der Waals surface area contributed by atoms with Crippen molar-refractivity contribution in [1.82, 2.24) is 0 Å². The average molecular weight is 645 g/mol.